The molecule has 0 aliphatic carbocycles. The summed E-state index contributed by atoms with van der Waals surface area (Å²) in [6, 6.07) is 14.2. The first-order valence-corrected chi connectivity index (χ1v) is 10.1. The fourth-order valence-corrected chi connectivity index (χ4v) is 4.24. The molecular weight excluding hydrogens is 369 g/mol. The Morgan fingerprint density at radius 2 is 1.86 bits per heavy atom. The van der Waals surface area contributed by atoms with Crippen LogP contribution >= 0.6 is 0 Å². The summed E-state index contributed by atoms with van der Waals surface area (Å²) in [6.07, 6.45) is 2.09. The molecule has 5 nitrogen and oxygen atoms in total. The van der Waals surface area contributed by atoms with Gasteiger partial charge in [-0.2, -0.15) is 0 Å². The van der Waals surface area contributed by atoms with E-state index in [1.165, 1.54) is 19.2 Å². The first-order chi connectivity index (χ1) is 14.1. The summed E-state index contributed by atoms with van der Waals surface area (Å²) in [7, 11) is 1.53. The zero-order chi connectivity index (χ0) is 20.2. The highest BCUT2D eigenvalue weighted by Crippen LogP contribution is 2.26. The second-order valence-corrected chi connectivity index (χ2v) is 7.79. The summed E-state index contributed by atoms with van der Waals surface area (Å²) in [4.78, 5) is 21.9. The van der Waals surface area contributed by atoms with Crippen molar-refractivity contribution in [1.82, 2.24) is 9.80 Å². The lowest BCUT2D eigenvalue weighted by Gasteiger charge is -2.34. The van der Waals surface area contributed by atoms with E-state index in [-0.39, 0.29) is 11.7 Å². The Morgan fingerprint density at radius 1 is 1.14 bits per heavy atom. The molecule has 6 heteroatoms. The molecular formula is C23H26FN3O2. The lowest BCUT2D eigenvalue weighted by molar-refractivity contribution is 0.0719. The van der Waals surface area contributed by atoms with Crippen molar-refractivity contribution in [3.05, 3.63) is 71.0 Å². The molecule has 0 N–H and O–H groups in total. The molecule has 2 aromatic carbocycles. The Bertz CT molecular complexity index is 889. The van der Waals surface area contributed by atoms with Gasteiger partial charge in [0.05, 0.1) is 0 Å². The Kier molecular flexibility index (Phi) is 5.90. The number of carbonyl (C=O) groups excluding carboxylic acids is 1. The standard InChI is InChI=1S/C23H26FN3O2/c1-29-25-22(18-6-8-20(24)9-7-18)16-26-12-10-17(11-13-26)14-27-15-19-4-2-3-5-21(19)23(27)28/h2-9,17H,10-16H2,1H3. The van der Waals surface area contributed by atoms with Gasteiger partial charge in [-0.05, 0) is 55.6 Å². The van der Waals surface area contributed by atoms with Crippen LogP contribution in [0.5, 0.6) is 0 Å². The SMILES string of the molecule is CON=C(CN1CCC(CN2Cc3ccccc3C2=O)CC1)c1ccc(F)cc1. The molecule has 0 radical (unpaired) electrons. The average Bonchev–Trinajstić information content (AvgIpc) is 3.05. The molecule has 2 aliphatic heterocycles. The lowest BCUT2D eigenvalue weighted by atomic mass is 9.95. The van der Waals surface area contributed by atoms with Gasteiger partial charge in [0.25, 0.3) is 5.91 Å². The Labute approximate surface area is 170 Å². The van der Waals surface area contributed by atoms with Crippen LogP contribution in [-0.4, -0.2) is 54.7 Å². The molecule has 2 aliphatic rings. The van der Waals surface area contributed by atoms with Crippen LogP contribution in [0.2, 0.25) is 0 Å². The van der Waals surface area contributed by atoms with E-state index in [1.807, 2.05) is 29.2 Å². The number of hydrogen-bond donors (Lipinski definition) is 0. The van der Waals surface area contributed by atoms with Gasteiger partial charge in [0, 0.05) is 30.8 Å². The van der Waals surface area contributed by atoms with Crippen LogP contribution in [0.15, 0.2) is 53.7 Å². The molecule has 0 unspecified atom stereocenters. The topological polar surface area (TPSA) is 45.1 Å². The molecule has 4 rings (SSSR count). The van der Waals surface area contributed by atoms with Crippen molar-refractivity contribution in [2.24, 2.45) is 11.1 Å². The fourth-order valence-electron chi connectivity index (χ4n) is 4.24. The highest BCUT2D eigenvalue weighted by atomic mass is 19.1. The second-order valence-electron chi connectivity index (χ2n) is 7.79. The minimum atomic E-state index is -0.259. The number of piperidine rings is 1. The highest BCUT2D eigenvalue weighted by molar-refractivity contribution is 6.01. The molecule has 0 bridgehead atoms. The second kappa shape index (κ2) is 8.74. The van der Waals surface area contributed by atoms with Gasteiger partial charge in [-0.3, -0.25) is 9.69 Å². The van der Waals surface area contributed by atoms with Crippen molar-refractivity contribution < 1.29 is 14.0 Å². The van der Waals surface area contributed by atoms with Gasteiger partial charge in [-0.15, -0.1) is 0 Å². The first-order valence-electron chi connectivity index (χ1n) is 10.1. The number of likely N-dealkylation sites (tertiary alicyclic amines) is 1. The number of fused-ring (bicyclic) bond motifs is 1. The van der Waals surface area contributed by atoms with E-state index in [1.54, 1.807) is 12.1 Å². The van der Waals surface area contributed by atoms with Crippen molar-refractivity contribution in [3.8, 4) is 0 Å². The van der Waals surface area contributed by atoms with Crippen LogP contribution in [-0.2, 0) is 11.4 Å². The van der Waals surface area contributed by atoms with Crippen molar-refractivity contribution in [3.63, 3.8) is 0 Å². The normalized spacial score (nSPS) is 18.2. The van der Waals surface area contributed by atoms with Gasteiger partial charge in [0.2, 0.25) is 0 Å². The number of benzene rings is 2. The third kappa shape index (κ3) is 4.48. The molecule has 2 heterocycles. The highest BCUT2D eigenvalue weighted by Gasteiger charge is 2.30. The predicted molar refractivity (Wildman–Crippen MR) is 110 cm³/mol. The van der Waals surface area contributed by atoms with E-state index < -0.39 is 0 Å². The molecule has 2 aromatic rings. The fraction of sp³-hybridized carbons (Fsp3) is 0.391. The first kappa shape index (κ1) is 19.6. The van der Waals surface area contributed by atoms with E-state index >= 15 is 0 Å². The number of oxime groups is 1. The summed E-state index contributed by atoms with van der Waals surface area (Å²) >= 11 is 0. The van der Waals surface area contributed by atoms with Crippen molar-refractivity contribution >= 4 is 11.6 Å². The van der Waals surface area contributed by atoms with Crippen LogP contribution < -0.4 is 0 Å². The Hall–Kier alpha value is -2.73. The van der Waals surface area contributed by atoms with E-state index in [2.05, 4.69) is 10.1 Å². The van der Waals surface area contributed by atoms with Gasteiger partial charge in [-0.25, -0.2) is 4.39 Å². The Balaban J connectivity index is 1.31. The molecule has 29 heavy (non-hydrogen) atoms. The predicted octanol–water partition coefficient (Wildman–Crippen LogP) is 3.54. The maximum atomic E-state index is 13.2. The van der Waals surface area contributed by atoms with Crippen LogP contribution in [0.4, 0.5) is 4.39 Å². The van der Waals surface area contributed by atoms with Crippen LogP contribution in [0, 0.1) is 11.7 Å². The number of nitrogens with zero attached hydrogens (tertiary/aromatic N) is 3. The summed E-state index contributed by atoms with van der Waals surface area (Å²) in [5.41, 5.74) is 3.66. The van der Waals surface area contributed by atoms with Crippen LogP contribution in [0.3, 0.4) is 0 Å². The number of amides is 1. The quantitative estimate of drug-likeness (QED) is 0.555. The van der Waals surface area contributed by atoms with Crippen molar-refractivity contribution in [2.75, 3.05) is 33.3 Å². The zero-order valence-corrected chi connectivity index (χ0v) is 16.7. The third-order valence-corrected chi connectivity index (χ3v) is 5.83. The molecule has 1 amide bonds. The minimum absolute atomic E-state index is 0.161. The van der Waals surface area contributed by atoms with Gasteiger partial charge < -0.3 is 9.74 Å². The minimum Gasteiger partial charge on any atom is -0.399 e. The number of halogens is 1. The van der Waals surface area contributed by atoms with Gasteiger partial charge in [0.1, 0.15) is 18.6 Å². The van der Waals surface area contributed by atoms with E-state index in [9.17, 15) is 9.18 Å². The number of hydrogen-bond acceptors (Lipinski definition) is 4. The summed E-state index contributed by atoms with van der Waals surface area (Å²) < 4.78 is 13.2. The molecule has 0 atom stereocenters. The molecule has 152 valence electrons. The van der Waals surface area contributed by atoms with Crippen molar-refractivity contribution in [1.29, 1.82) is 0 Å². The number of carbonyl (C=O) groups is 1. The smallest absolute Gasteiger partial charge is 0.254 e. The van der Waals surface area contributed by atoms with E-state index in [4.69, 9.17) is 4.84 Å². The largest absolute Gasteiger partial charge is 0.399 e. The van der Waals surface area contributed by atoms with E-state index in [0.29, 0.717) is 12.5 Å². The van der Waals surface area contributed by atoms with Gasteiger partial charge >= 0.3 is 0 Å². The maximum absolute atomic E-state index is 13.2. The molecule has 0 saturated carbocycles. The van der Waals surface area contributed by atoms with Gasteiger partial charge in [-0.1, -0.05) is 35.5 Å². The van der Waals surface area contributed by atoms with Crippen LogP contribution in [0.1, 0.15) is 34.3 Å². The monoisotopic (exact) mass is 395 g/mol. The summed E-state index contributed by atoms with van der Waals surface area (Å²) in [5, 5.41) is 4.15. The summed E-state index contributed by atoms with van der Waals surface area (Å²) in [6.45, 7) is 4.11. The maximum Gasteiger partial charge on any atom is 0.254 e. The molecule has 0 spiro atoms. The van der Waals surface area contributed by atoms with Crippen molar-refractivity contribution in [2.45, 2.75) is 19.4 Å². The zero-order valence-electron chi connectivity index (χ0n) is 16.7. The summed E-state index contributed by atoms with van der Waals surface area (Å²) in [5.74, 6) is 0.414. The third-order valence-electron chi connectivity index (χ3n) is 5.83. The van der Waals surface area contributed by atoms with E-state index in [0.717, 1.165) is 61.4 Å². The molecule has 0 aromatic heterocycles. The molecule has 1 fully saturated rings. The Morgan fingerprint density at radius 3 is 2.55 bits per heavy atom. The molecule has 1 saturated heterocycles. The van der Waals surface area contributed by atoms with Crippen LogP contribution in [0.25, 0.3) is 0 Å². The lowest BCUT2D eigenvalue weighted by Crippen LogP contribution is -2.41. The average molecular weight is 395 g/mol. The van der Waals surface area contributed by atoms with Gasteiger partial charge in [0.15, 0.2) is 0 Å². The number of rotatable bonds is 6.